The van der Waals surface area contributed by atoms with E-state index in [1.807, 2.05) is 10.9 Å². The van der Waals surface area contributed by atoms with Crippen LogP contribution in [0.15, 0.2) is 12.7 Å². The Bertz CT molecular complexity index is 161. The first-order chi connectivity index (χ1) is 4.34. The lowest BCUT2D eigenvalue weighted by Crippen LogP contribution is -1.99. The Kier molecular flexibility index (Phi) is 2.10. The molecule has 0 aliphatic rings. The Morgan fingerprint density at radius 1 is 1.67 bits per heavy atom. The van der Waals surface area contributed by atoms with Gasteiger partial charge in [0, 0.05) is 0 Å². The normalized spacial score (nSPS) is 13.6. The van der Waals surface area contributed by atoms with Crippen LogP contribution in [0.3, 0.4) is 0 Å². The van der Waals surface area contributed by atoms with E-state index in [0.29, 0.717) is 5.37 Å². The molecule has 1 rings (SSSR count). The molecule has 1 atom stereocenters. The van der Waals surface area contributed by atoms with Crippen LogP contribution in [0, 0.1) is 0 Å². The van der Waals surface area contributed by atoms with Crippen molar-refractivity contribution in [3.63, 3.8) is 0 Å². The smallest absolute Gasteiger partial charge is 0.137 e. The van der Waals surface area contributed by atoms with Crippen molar-refractivity contribution in [3.05, 3.63) is 12.7 Å². The van der Waals surface area contributed by atoms with Gasteiger partial charge in [-0.15, -0.1) is 11.8 Å². The lowest BCUT2D eigenvalue weighted by atomic mass is 10.8. The largest absolute Gasteiger partial charge is 0.240 e. The number of rotatable bonds is 2. The van der Waals surface area contributed by atoms with E-state index in [-0.39, 0.29) is 0 Å². The van der Waals surface area contributed by atoms with Crippen LogP contribution in [0.2, 0.25) is 0 Å². The lowest BCUT2D eigenvalue weighted by molar-refractivity contribution is 0.642. The van der Waals surface area contributed by atoms with E-state index in [9.17, 15) is 0 Å². The van der Waals surface area contributed by atoms with Crippen LogP contribution in [-0.4, -0.2) is 21.0 Å². The van der Waals surface area contributed by atoms with Gasteiger partial charge in [-0.2, -0.15) is 5.10 Å². The average molecular weight is 143 g/mol. The maximum absolute atomic E-state index is 3.97. The zero-order chi connectivity index (χ0) is 6.69. The van der Waals surface area contributed by atoms with Crippen LogP contribution >= 0.6 is 11.8 Å². The number of hydrogen-bond donors (Lipinski definition) is 0. The van der Waals surface area contributed by atoms with Crippen LogP contribution in [0.4, 0.5) is 0 Å². The zero-order valence-electron chi connectivity index (χ0n) is 5.48. The van der Waals surface area contributed by atoms with E-state index >= 15 is 0 Å². The summed E-state index contributed by atoms with van der Waals surface area (Å²) in [7, 11) is 0. The van der Waals surface area contributed by atoms with E-state index in [1.54, 1.807) is 24.4 Å². The van der Waals surface area contributed by atoms with Gasteiger partial charge in [-0.05, 0) is 13.2 Å². The maximum Gasteiger partial charge on any atom is 0.137 e. The summed E-state index contributed by atoms with van der Waals surface area (Å²) in [4.78, 5) is 3.83. The molecule has 0 N–H and O–H groups in total. The molecule has 0 aliphatic carbocycles. The summed E-state index contributed by atoms with van der Waals surface area (Å²) in [6.07, 6.45) is 5.32. The number of nitrogens with zero attached hydrogens (tertiary/aromatic N) is 3. The summed E-state index contributed by atoms with van der Waals surface area (Å²) in [5, 5.41) is 4.37. The number of hydrogen-bond acceptors (Lipinski definition) is 3. The van der Waals surface area contributed by atoms with Gasteiger partial charge >= 0.3 is 0 Å². The summed E-state index contributed by atoms with van der Waals surface area (Å²) < 4.78 is 1.82. The fraction of sp³-hybridized carbons (Fsp3) is 0.600. The molecular formula is C5H9N3S. The summed E-state index contributed by atoms with van der Waals surface area (Å²) in [5.41, 5.74) is 0. The third-order valence-electron chi connectivity index (χ3n) is 1.15. The molecule has 3 nitrogen and oxygen atoms in total. The van der Waals surface area contributed by atoms with Gasteiger partial charge < -0.3 is 0 Å². The molecule has 50 valence electrons. The second-order valence-electron chi connectivity index (χ2n) is 1.71. The second kappa shape index (κ2) is 2.87. The molecular weight excluding hydrogens is 134 g/mol. The van der Waals surface area contributed by atoms with Crippen molar-refractivity contribution in [2.24, 2.45) is 0 Å². The quantitative estimate of drug-likeness (QED) is 0.622. The molecule has 0 fully saturated rings. The monoisotopic (exact) mass is 143 g/mol. The lowest BCUT2D eigenvalue weighted by Gasteiger charge is -2.05. The Hall–Kier alpha value is -0.510. The topological polar surface area (TPSA) is 30.7 Å². The Balaban J connectivity index is 2.65. The standard InChI is InChI=1S/C5H9N3S/c1-5(9-2)8-4-6-3-7-8/h3-5H,1-2H3. The van der Waals surface area contributed by atoms with Gasteiger partial charge in [-0.25, -0.2) is 9.67 Å². The molecule has 0 saturated carbocycles. The van der Waals surface area contributed by atoms with Gasteiger partial charge in [0.2, 0.25) is 0 Å². The third-order valence-corrected chi connectivity index (χ3v) is 2.05. The molecule has 4 heteroatoms. The van der Waals surface area contributed by atoms with Crippen molar-refractivity contribution in [3.8, 4) is 0 Å². The fourth-order valence-electron chi connectivity index (χ4n) is 0.513. The molecule has 1 aromatic heterocycles. The number of aromatic nitrogens is 3. The summed E-state index contributed by atoms with van der Waals surface area (Å²) in [5.74, 6) is 0. The highest BCUT2D eigenvalue weighted by Crippen LogP contribution is 2.15. The maximum atomic E-state index is 3.97. The SMILES string of the molecule is CSC(C)n1cncn1. The minimum atomic E-state index is 0.396. The minimum absolute atomic E-state index is 0.396. The molecule has 1 aromatic rings. The summed E-state index contributed by atoms with van der Waals surface area (Å²) in [6.45, 7) is 2.08. The van der Waals surface area contributed by atoms with Crippen molar-refractivity contribution < 1.29 is 0 Å². The third kappa shape index (κ3) is 1.45. The molecule has 9 heavy (non-hydrogen) atoms. The predicted molar refractivity (Wildman–Crippen MR) is 38.2 cm³/mol. The van der Waals surface area contributed by atoms with Crippen molar-refractivity contribution in [1.82, 2.24) is 14.8 Å². The first kappa shape index (κ1) is 6.61. The van der Waals surface area contributed by atoms with Gasteiger partial charge in [0.05, 0.1) is 5.37 Å². The zero-order valence-corrected chi connectivity index (χ0v) is 6.30. The number of thioether (sulfide) groups is 1. The van der Waals surface area contributed by atoms with Gasteiger partial charge in [0.25, 0.3) is 0 Å². The van der Waals surface area contributed by atoms with Crippen LogP contribution < -0.4 is 0 Å². The highest BCUT2D eigenvalue weighted by Gasteiger charge is 1.99. The Morgan fingerprint density at radius 2 is 2.44 bits per heavy atom. The predicted octanol–water partition coefficient (Wildman–Crippen LogP) is 1.16. The van der Waals surface area contributed by atoms with E-state index in [0.717, 1.165) is 0 Å². The molecule has 0 aliphatic heterocycles. The second-order valence-corrected chi connectivity index (χ2v) is 2.86. The van der Waals surface area contributed by atoms with Gasteiger partial charge in [-0.1, -0.05) is 0 Å². The Labute approximate surface area is 58.5 Å². The first-order valence-corrected chi connectivity index (χ1v) is 4.00. The van der Waals surface area contributed by atoms with E-state index < -0.39 is 0 Å². The molecule has 0 spiro atoms. The van der Waals surface area contributed by atoms with Crippen molar-refractivity contribution >= 4 is 11.8 Å². The molecule has 0 saturated heterocycles. The molecule has 0 bridgehead atoms. The minimum Gasteiger partial charge on any atom is -0.240 e. The molecule has 1 unspecified atom stereocenters. The van der Waals surface area contributed by atoms with Crippen LogP contribution in [0.1, 0.15) is 12.3 Å². The van der Waals surface area contributed by atoms with Gasteiger partial charge in [-0.3, -0.25) is 0 Å². The van der Waals surface area contributed by atoms with Crippen molar-refractivity contribution in [2.75, 3.05) is 6.26 Å². The van der Waals surface area contributed by atoms with Gasteiger partial charge in [0.15, 0.2) is 0 Å². The van der Waals surface area contributed by atoms with Crippen LogP contribution in [0.5, 0.6) is 0 Å². The Morgan fingerprint density at radius 3 is 2.89 bits per heavy atom. The highest BCUT2D eigenvalue weighted by molar-refractivity contribution is 7.98. The average Bonchev–Trinajstić information content (AvgIpc) is 2.37. The van der Waals surface area contributed by atoms with Crippen molar-refractivity contribution in [2.45, 2.75) is 12.3 Å². The van der Waals surface area contributed by atoms with E-state index in [1.165, 1.54) is 0 Å². The van der Waals surface area contributed by atoms with Gasteiger partial charge in [0.1, 0.15) is 12.7 Å². The fourth-order valence-corrected chi connectivity index (χ4v) is 0.838. The first-order valence-electron chi connectivity index (χ1n) is 2.71. The van der Waals surface area contributed by atoms with E-state index in [4.69, 9.17) is 0 Å². The summed E-state index contributed by atoms with van der Waals surface area (Å²) >= 11 is 1.74. The van der Waals surface area contributed by atoms with Crippen LogP contribution in [-0.2, 0) is 0 Å². The molecule has 0 radical (unpaired) electrons. The van der Waals surface area contributed by atoms with Crippen LogP contribution in [0.25, 0.3) is 0 Å². The summed E-state index contributed by atoms with van der Waals surface area (Å²) in [6, 6.07) is 0. The molecule has 0 aromatic carbocycles. The van der Waals surface area contributed by atoms with Crippen molar-refractivity contribution in [1.29, 1.82) is 0 Å². The molecule has 1 heterocycles. The highest BCUT2D eigenvalue weighted by atomic mass is 32.2. The molecule has 0 amide bonds. The van der Waals surface area contributed by atoms with E-state index in [2.05, 4.69) is 17.0 Å².